The number of carbonyl (C=O) groups is 1. The van der Waals surface area contributed by atoms with Gasteiger partial charge in [0.2, 0.25) is 5.78 Å². The molecule has 142 valence electrons. The fraction of sp³-hybridized carbons (Fsp3) is 0.318. The summed E-state index contributed by atoms with van der Waals surface area (Å²) in [7, 11) is 1.64. The molecule has 0 radical (unpaired) electrons. The zero-order chi connectivity index (χ0) is 19.1. The van der Waals surface area contributed by atoms with Crippen LogP contribution < -0.4 is 10.1 Å². The maximum atomic E-state index is 13.0. The maximum Gasteiger partial charge on any atom is 0.230 e. The summed E-state index contributed by atoms with van der Waals surface area (Å²) in [6.45, 7) is 3.93. The molecule has 0 amide bonds. The van der Waals surface area contributed by atoms with Crippen molar-refractivity contribution in [3.63, 3.8) is 0 Å². The molecule has 0 atom stereocenters. The van der Waals surface area contributed by atoms with Gasteiger partial charge in [0.15, 0.2) is 5.76 Å². The number of carbonyl (C=O) groups excluding carboxylic acids is 1. The van der Waals surface area contributed by atoms with Crippen molar-refractivity contribution in [3.8, 4) is 5.75 Å². The topological polar surface area (TPSA) is 60.7 Å². The number of anilines is 1. The minimum Gasteiger partial charge on any atom is -0.494 e. The van der Waals surface area contributed by atoms with E-state index in [0.717, 1.165) is 24.0 Å². The molecule has 3 aromatic rings. The Morgan fingerprint density at radius 3 is 2.59 bits per heavy atom. The van der Waals surface area contributed by atoms with Crippen molar-refractivity contribution < 1.29 is 18.7 Å². The molecule has 1 N–H and O–H groups in total. The summed E-state index contributed by atoms with van der Waals surface area (Å²) < 4.78 is 16.6. The number of ketones is 1. The van der Waals surface area contributed by atoms with Gasteiger partial charge in [0, 0.05) is 24.6 Å². The molecule has 27 heavy (non-hydrogen) atoms. The number of rotatable bonds is 10. The minimum atomic E-state index is -0.161. The highest BCUT2D eigenvalue weighted by molar-refractivity contribution is 6.14. The van der Waals surface area contributed by atoms with Gasteiger partial charge >= 0.3 is 0 Å². The molecule has 0 aliphatic heterocycles. The largest absolute Gasteiger partial charge is 0.494 e. The number of hydrogen-bond donors (Lipinski definition) is 1. The monoisotopic (exact) mass is 367 g/mol. The van der Waals surface area contributed by atoms with E-state index in [2.05, 4.69) is 12.2 Å². The van der Waals surface area contributed by atoms with Crippen LogP contribution in [0.4, 0.5) is 5.69 Å². The van der Waals surface area contributed by atoms with Gasteiger partial charge in [-0.2, -0.15) is 0 Å². The van der Waals surface area contributed by atoms with Crippen molar-refractivity contribution in [1.29, 1.82) is 0 Å². The third-order valence-corrected chi connectivity index (χ3v) is 4.29. The van der Waals surface area contributed by atoms with Gasteiger partial charge in [-0.1, -0.05) is 25.5 Å². The molecule has 5 nitrogen and oxygen atoms in total. The van der Waals surface area contributed by atoms with Crippen molar-refractivity contribution in [2.45, 2.75) is 19.8 Å². The molecule has 5 heteroatoms. The number of hydrogen-bond acceptors (Lipinski definition) is 5. The van der Waals surface area contributed by atoms with Gasteiger partial charge in [0.1, 0.15) is 11.3 Å². The lowest BCUT2D eigenvalue weighted by atomic mass is 10.1. The smallest absolute Gasteiger partial charge is 0.230 e. The normalized spacial score (nSPS) is 10.9. The van der Waals surface area contributed by atoms with Gasteiger partial charge in [-0.05, 0) is 42.8 Å². The molecule has 0 saturated carbocycles. The molecule has 0 unspecified atom stereocenters. The number of furan rings is 1. The lowest BCUT2D eigenvalue weighted by Crippen LogP contribution is -2.10. The average Bonchev–Trinajstić information content (AvgIpc) is 3.07. The van der Waals surface area contributed by atoms with Crippen LogP contribution in [0.1, 0.15) is 35.9 Å². The molecule has 0 aliphatic carbocycles. The highest BCUT2D eigenvalue weighted by Gasteiger charge is 2.21. The molecule has 0 aliphatic rings. The Hall–Kier alpha value is -2.79. The van der Waals surface area contributed by atoms with Gasteiger partial charge in [-0.3, -0.25) is 4.79 Å². The van der Waals surface area contributed by atoms with Crippen LogP contribution >= 0.6 is 0 Å². The van der Waals surface area contributed by atoms with Gasteiger partial charge in [0.05, 0.1) is 18.9 Å². The van der Waals surface area contributed by atoms with Crippen LogP contribution in [-0.4, -0.2) is 32.7 Å². The third-order valence-electron chi connectivity index (χ3n) is 4.29. The van der Waals surface area contributed by atoms with Gasteiger partial charge in [-0.15, -0.1) is 0 Å². The van der Waals surface area contributed by atoms with E-state index in [1.165, 1.54) is 0 Å². The maximum absolute atomic E-state index is 13.0. The molecule has 0 fully saturated rings. The predicted octanol–water partition coefficient (Wildman–Crippen LogP) is 4.90. The quantitative estimate of drug-likeness (QED) is 0.408. The highest BCUT2D eigenvalue weighted by Crippen LogP contribution is 2.32. The van der Waals surface area contributed by atoms with Crippen LogP contribution in [0.3, 0.4) is 0 Å². The zero-order valence-electron chi connectivity index (χ0n) is 15.8. The van der Waals surface area contributed by atoms with Crippen LogP contribution in [0, 0.1) is 0 Å². The van der Waals surface area contributed by atoms with Crippen molar-refractivity contribution in [2.24, 2.45) is 0 Å². The highest BCUT2D eigenvalue weighted by atomic mass is 16.5. The summed E-state index contributed by atoms with van der Waals surface area (Å²) in [6, 6.07) is 14.8. The second kappa shape index (κ2) is 9.24. The van der Waals surface area contributed by atoms with Crippen molar-refractivity contribution in [1.82, 2.24) is 0 Å². The van der Waals surface area contributed by atoms with E-state index in [0.29, 0.717) is 42.4 Å². The average molecular weight is 367 g/mol. The van der Waals surface area contributed by atoms with E-state index in [9.17, 15) is 4.79 Å². The fourth-order valence-electron chi connectivity index (χ4n) is 2.83. The van der Waals surface area contributed by atoms with Crippen molar-refractivity contribution >= 4 is 22.4 Å². The summed E-state index contributed by atoms with van der Waals surface area (Å²) in [6.07, 6.45) is 2.09. The van der Waals surface area contributed by atoms with E-state index in [1.807, 2.05) is 36.4 Å². The Labute approximate surface area is 159 Å². The van der Waals surface area contributed by atoms with Crippen LogP contribution in [-0.2, 0) is 4.74 Å². The molecule has 2 aromatic carbocycles. The number of para-hydroxylation sites is 1. The first-order valence-corrected chi connectivity index (χ1v) is 9.26. The summed E-state index contributed by atoms with van der Waals surface area (Å²) in [5.41, 5.74) is 1.95. The molecular formula is C22H25NO4. The van der Waals surface area contributed by atoms with Crippen molar-refractivity contribution in [2.75, 3.05) is 32.2 Å². The second-order valence-electron chi connectivity index (χ2n) is 6.28. The number of nitrogens with one attached hydrogen (secondary N) is 1. The Bertz CT molecular complexity index is 883. The Morgan fingerprint density at radius 1 is 1.07 bits per heavy atom. The number of unbranched alkanes of at least 4 members (excludes halogenated alkanes) is 1. The number of fused-ring (bicyclic) bond motifs is 1. The lowest BCUT2D eigenvalue weighted by Gasteiger charge is -2.08. The third kappa shape index (κ3) is 4.49. The molecule has 1 heterocycles. The van der Waals surface area contributed by atoms with Gasteiger partial charge in [-0.25, -0.2) is 0 Å². The standard InChI is InChI=1S/C22H25NO4/c1-3-4-14-26-17-11-9-16(10-12-17)21(24)22-20(23-13-15-25-2)18-7-5-6-8-19(18)27-22/h5-12,23H,3-4,13-15H2,1-2H3. The second-order valence-corrected chi connectivity index (χ2v) is 6.28. The van der Waals surface area contributed by atoms with E-state index >= 15 is 0 Å². The molecular weight excluding hydrogens is 342 g/mol. The summed E-state index contributed by atoms with van der Waals surface area (Å²) in [5.74, 6) is 0.918. The Balaban J connectivity index is 1.85. The summed E-state index contributed by atoms with van der Waals surface area (Å²) >= 11 is 0. The number of ether oxygens (including phenoxy) is 2. The summed E-state index contributed by atoms with van der Waals surface area (Å²) in [5, 5.41) is 4.15. The van der Waals surface area contributed by atoms with Crippen LogP contribution in [0.2, 0.25) is 0 Å². The van der Waals surface area contributed by atoms with Crippen LogP contribution in [0.25, 0.3) is 11.0 Å². The zero-order valence-corrected chi connectivity index (χ0v) is 15.8. The Morgan fingerprint density at radius 2 is 1.85 bits per heavy atom. The van der Waals surface area contributed by atoms with Crippen molar-refractivity contribution in [3.05, 3.63) is 59.9 Å². The first-order valence-electron chi connectivity index (χ1n) is 9.26. The molecule has 0 bridgehead atoms. The van der Waals surface area contributed by atoms with E-state index < -0.39 is 0 Å². The van der Waals surface area contributed by atoms with Crippen LogP contribution in [0.5, 0.6) is 5.75 Å². The SMILES string of the molecule is CCCCOc1ccc(C(=O)c2oc3ccccc3c2NCCOC)cc1. The molecule has 1 aromatic heterocycles. The predicted molar refractivity (Wildman–Crippen MR) is 107 cm³/mol. The first kappa shape index (κ1) is 19.0. The number of benzene rings is 2. The molecule has 0 spiro atoms. The first-order chi connectivity index (χ1) is 13.2. The van der Waals surface area contributed by atoms with Gasteiger partial charge < -0.3 is 19.2 Å². The van der Waals surface area contributed by atoms with E-state index in [4.69, 9.17) is 13.9 Å². The number of methoxy groups -OCH3 is 1. The molecule has 3 rings (SSSR count). The molecule has 0 saturated heterocycles. The Kier molecular flexibility index (Phi) is 6.49. The van der Waals surface area contributed by atoms with Crippen LogP contribution in [0.15, 0.2) is 52.9 Å². The fourth-order valence-corrected chi connectivity index (χ4v) is 2.83. The summed E-state index contributed by atoms with van der Waals surface area (Å²) in [4.78, 5) is 13.0. The van der Waals surface area contributed by atoms with E-state index in [1.54, 1.807) is 19.2 Å². The van der Waals surface area contributed by atoms with E-state index in [-0.39, 0.29) is 5.78 Å². The van der Waals surface area contributed by atoms with Gasteiger partial charge in [0.25, 0.3) is 0 Å². The lowest BCUT2D eigenvalue weighted by molar-refractivity contribution is 0.101. The minimum absolute atomic E-state index is 0.161.